The Bertz CT molecular complexity index is 1620. The highest BCUT2D eigenvalue weighted by Gasteiger charge is 2.33. The normalized spacial score (nSPS) is 15.8. The van der Waals surface area contributed by atoms with Gasteiger partial charge >= 0.3 is 6.03 Å². The van der Waals surface area contributed by atoms with Crippen molar-refractivity contribution in [1.82, 2.24) is 29.7 Å². The molecule has 4 aromatic rings. The van der Waals surface area contributed by atoms with E-state index in [1.807, 2.05) is 24.3 Å². The van der Waals surface area contributed by atoms with Gasteiger partial charge in [-0.3, -0.25) is 9.36 Å². The molecule has 0 aliphatic carbocycles. The lowest BCUT2D eigenvalue weighted by molar-refractivity contribution is -0.122. The number of hydrogen-bond acceptors (Lipinski definition) is 8. The molecule has 12 nitrogen and oxygen atoms in total. The van der Waals surface area contributed by atoms with Crippen molar-refractivity contribution in [3.05, 3.63) is 83.0 Å². The zero-order valence-corrected chi connectivity index (χ0v) is 24.5. The number of benzene rings is 2. The van der Waals surface area contributed by atoms with Crippen molar-refractivity contribution in [3.63, 3.8) is 0 Å². The number of nitrogens with zero attached hydrogens (tertiary/aromatic N) is 6. The van der Waals surface area contributed by atoms with E-state index in [1.54, 1.807) is 52.6 Å². The Morgan fingerprint density at radius 2 is 1.88 bits per heavy atom. The lowest BCUT2D eigenvalue weighted by Crippen LogP contribution is -2.57. The molecule has 1 unspecified atom stereocenters. The first-order valence-electron chi connectivity index (χ1n) is 13.7. The minimum atomic E-state index is -0.436. The standard InChI is InChI=1S/C29H28Cl2N8O4/c30-22-3-2-20(14-23(22)31)35-29(41)39-12-11-37(26-6-8-34-28(36-26)38-10-9-32-17-38)16-21(39)15-27(40)33-7-5-19-1-4-24-25(13-19)43-18-42-24/h1-4,6,8-10,13-14,17,21H,5,7,11-12,15-16,18H2,(H,33,40)(H,35,41). The number of carbonyl (C=O) groups excluding carboxylic acids is 2. The first kappa shape index (κ1) is 28.6. The number of hydrogen-bond donors (Lipinski definition) is 2. The topological polar surface area (TPSA) is 127 Å². The zero-order valence-electron chi connectivity index (χ0n) is 23.0. The molecule has 2 aromatic heterocycles. The lowest BCUT2D eigenvalue weighted by Gasteiger charge is -2.41. The van der Waals surface area contributed by atoms with E-state index in [2.05, 4.69) is 30.5 Å². The Balaban J connectivity index is 1.14. The molecule has 6 rings (SSSR count). The zero-order chi connectivity index (χ0) is 29.8. The second-order valence-corrected chi connectivity index (χ2v) is 10.8. The van der Waals surface area contributed by atoms with Crippen molar-refractivity contribution >= 4 is 46.6 Å². The summed E-state index contributed by atoms with van der Waals surface area (Å²) in [5.41, 5.74) is 1.53. The molecule has 2 aromatic carbocycles. The van der Waals surface area contributed by atoms with Crippen LogP contribution in [0.1, 0.15) is 12.0 Å². The Hall–Kier alpha value is -4.55. The number of aromatic nitrogens is 4. The SMILES string of the molecule is O=C(CC1CN(c2ccnc(-n3ccnc3)n2)CCN1C(=O)Nc1ccc(Cl)c(Cl)c1)NCCc1ccc2c(c1)OCO2. The van der Waals surface area contributed by atoms with Crippen molar-refractivity contribution in [2.75, 3.05) is 43.2 Å². The largest absolute Gasteiger partial charge is 0.454 e. The molecule has 4 heterocycles. The maximum Gasteiger partial charge on any atom is 0.322 e. The highest BCUT2D eigenvalue weighted by atomic mass is 35.5. The first-order valence-corrected chi connectivity index (χ1v) is 14.4. The number of piperazine rings is 1. The molecule has 14 heteroatoms. The van der Waals surface area contributed by atoms with Crippen LogP contribution in [0.4, 0.5) is 16.3 Å². The molecule has 2 aliphatic heterocycles. The fraction of sp³-hybridized carbons (Fsp3) is 0.276. The Morgan fingerprint density at radius 1 is 1.00 bits per heavy atom. The quantitative estimate of drug-likeness (QED) is 0.300. The number of carbonyl (C=O) groups is 2. The van der Waals surface area contributed by atoms with E-state index in [0.29, 0.717) is 65.8 Å². The molecule has 1 fully saturated rings. The van der Waals surface area contributed by atoms with Gasteiger partial charge in [0.05, 0.1) is 16.1 Å². The fourth-order valence-corrected chi connectivity index (χ4v) is 5.32. The second kappa shape index (κ2) is 12.8. The van der Waals surface area contributed by atoms with Gasteiger partial charge in [-0.05, 0) is 48.4 Å². The highest BCUT2D eigenvalue weighted by molar-refractivity contribution is 6.42. The van der Waals surface area contributed by atoms with Crippen LogP contribution in [-0.4, -0.2) is 75.4 Å². The average molecular weight is 624 g/mol. The predicted molar refractivity (Wildman–Crippen MR) is 161 cm³/mol. The molecule has 1 saturated heterocycles. The summed E-state index contributed by atoms with van der Waals surface area (Å²) in [5, 5.41) is 6.61. The maximum atomic E-state index is 13.4. The Labute approximate surface area is 257 Å². The number of rotatable bonds is 8. The number of ether oxygens (including phenoxy) is 2. The first-order chi connectivity index (χ1) is 20.9. The molecular weight excluding hydrogens is 595 g/mol. The van der Waals surface area contributed by atoms with E-state index in [1.165, 1.54) is 0 Å². The third-order valence-electron chi connectivity index (χ3n) is 7.20. The molecular formula is C29H28Cl2N8O4. The van der Waals surface area contributed by atoms with Crippen LogP contribution >= 0.6 is 23.2 Å². The Kier molecular flexibility index (Phi) is 8.47. The van der Waals surface area contributed by atoms with E-state index < -0.39 is 6.04 Å². The van der Waals surface area contributed by atoms with Gasteiger partial charge in [0.15, 0.2) is 11.5 Å². The Morgan fingerprint density at radius 3 is 2.72 bits per heavy atom. The van der Waals surface area contributed by atoms with Crippen LogP contribution in [0.5, 0.6) is 11.5 Å². The van der Waals surface area contributed by atoms with Gasteiger partial charge in [-0.25, -0.2) is 14.8 Å². The molecule has 3 amide bonds. The third kappa shape index (κ3) is 6.76. The molecule has 43 heavy (non-hydrogen) atoms. The summed E-state index contributed by atoms with van der Waals surface area (Å²) in [6, 6.07) is 11.7. The number of halogens is 2. The summed E-state index contributed by atoms with van der Waals surface area (Å²) in [7, 11) is 0. The van der Waals surface area contributed by atoms with Crippen molar-refractivity contribution in [3.8, 4) is 17.4 Å². The van der Waals surface area contributed by atoms with Gasteiger partial charge in [0.2, 0.25) is 18.6 Å². The van der Waals surface area contributed by atoms with Gasteiger partial charge in [-0.15, -0.1) is 0 Å². The molecule has 0 radical (unpaired) electrons. The summed E-state index contributed by atoms with van der Waals surface area (Å²) in [4.78, 5) is 43.4. The lowest BCUT2D eigenvalue weighted by atomic mass is 10.1. The van der Waals surface area contributed by atoms with E-state index in [9.17, 15) is 9.59 Å². The minimum absolute atomic E-state index is 0.103. The minimum Gasteiger partial charge on any atom is -0.454 e. The van der Waals surface area contributed by atoms with Crippen LogP contribution in [0, 0.1) is 0 Å². The highest BCUT2D eigenvalue weighted by Crippen LogP contribution is 2.32. The number of urea groups is 1. The average Bonchev–Trinajstić information content (AvgIpc) is 3.72. The van der Waals surface area contributed by atoms with Gasteiger partial charge in [0, 0.05) is 56.9 Å². The van der Waals surface area contributed by atoms with E-state index in [4.69, 9.17) is 32.7 Å². The third-order valence-corrected chi connectivity index (χ3v) is 7.93. The number of nitrogens with one attached hydrogen (secondary N) is 2. The van der Waals surface area contributed by atoms with E-state index in [0.717, 1.165) is 11.3 Å². The van der Waals surface area contributed by atoms with E-state index in [-0.39, 0.29) is 25.2 Å². The van der Waals surface area contributed by atoms with Gasteiger partial charge in [0.25, 0.3) is 0 Å². The van der Waals surface area contributed by atoms with Crippen LogP contribution in [0.3, 0.4) is 0 Å². The molecule has 0 spiro atoms. The number of amides is 3. The molecule has 1 atom stereocenters. The van der Waals surface area contributed by atoms with Crippen LogP contribution in [0.15, 0.2) is 67.4 Å². The predicted octanol–water partition coefficient (Wildman–Crippen LogP) is 4.17. The molecule has 2 N–H and O–H groups in total. The van der Waals surface area contributed by atoms with E-state index >= 15 is 0 Å². The smallest absolute Gasteiger partial charge is 0.322 e. The van der Waals surface area contributed by atoms with Gasteiger partial charge in [-0.1, -0.05) is 29.3 Å². The molecule has 222 valence electrons. The summed E-state index contributed by atoms with van der Waals surface area (Å²) in [5.74, 6) is 2.43. The maximum absolute atomic E-state index is 13.4. The van der Waals surface area contributed by atoms with Crippen LogP contribution < -0.4 is 25.0 Å². The van der Waals surface area contributed by atoms with Crippen LogP contribution in [0.2, 0.25) is 10.0 Å². The van der Waals surface area contributed by atoms with Crippen molar-refractivity contribution < 1.29 is 19.1 Å². The fourth-order valence-electron chi connectivity index (χ4n) is 5.02. The van der Waals surface area contributed by atoms with Crippen molar-refractivity contribution in [1.29, 1.82) is 0 Å². The summed E-state index contributed by atoms with van der Waals surface area (Å²) in [6.07, 6.45) is 7.45. The van der Waals surface area contributed by atoms with Crippen LogP contribution in [-0.2, 0) is 11.2 Å². The molecule has 0 saturated carbocycles. The summed E-state index contributed by atoms with van der Waals surface area (Å²) < 4.78 is 12.5. The van der Waals surface area contributed by atoms with Crippen molar-refractivity contribution in [2.45, 2.75) is 18.9 Å². The van der Waals surface area contributed by atoms with Gasteiger partial charge < -0.3 is 29.9 Å². The number of imidazole rings is 1. The number of fused-ring (bicyclic) bond motifs is 1. The molecule has 0 bridgehead atoms. The molecule has 2 aliphatic rings. The van der Waals surface area contributed by atoms with Crippen LogP contribution in [0.25, 0.3) is 5.95 Å². The van der Waals surface area contributed by atoms with Crippen molar-refractivity contribution in [2.24, 2.45) is 0 Å². The summed E-state index contributed by atoms with van der Waals surface area (Å²) in [6.45, 7) is 1.92. The summed E-state index contributed by atoms with van der Waals surface area (Å²) >= 11 is 12.2. The van der Waals surface area contributed by atoms with Gasteiger partial charge in [0.1, 0.15) is 12.1 Å². The second-order valence-electron chi connectivity index (χ2n) is 10.0. The monoisotopic (exact) mass is 622 g/mol. The van der Waals surface area contributed by atoms with Gasteiger partial charge in [-0.2, -0.15) is 4.98 Å². The number of anilines is 2.